The SMILES string of the molecule is CCCCc1ccc(C2C(OPOC3=CC=CC(c4ccccc4)(c4ccc(CCCC)cc4CCCC)C3c3ccc(CCCC)cc3CCCC)=CC=CC2(c2ccccc2)c2ccc(CCCC)cc2CCCC)c(CCCC)c1. The van der Waals surface area contributed by atoms with E-state index in [9.17, 15) is 0 Å². The van der Waals surface area contributed by atoms with Crippen molar-refractivity contribution in [2.75, 3.05) is 0 Å². The van der Waals surface area contributed by atoms with Gasteiger partial charge in [-0.2, -0.15) is 0 Å². The summed E-state index contributed by atoms with van der Waals surface area (Å²) >= 11 is 0. The van der Waals surface area contributed by atoms with E-state index in [1.54, 1.807) is 0 Å². The fourth-order valence-corrected chi connectivity index (χ4v) is 14.3. The average Bonchev–Trinajstić information content (AvgIpc) is 3.72. The van der Waals surface area contributed by atoms with E-state index in [1.807, 2.05) is 0 Å². The minimum atomic E-state index is -0.558. The Hall–Kier alpha value is -5.69. The Labute approximate surface area is 506 Å². The first kappa shape index (κ1) is 63.3. The lowest BCUT2D eigenvalue weighted by Crippen LogP contribution is -2.38. The number of allylic oxidation sites excluding steroid dienone is 8. The van der Waals surface area contributed by atoms with E-state index in [0.717, 1.165) is 114 Å². The summed E-state index contributed by atoms with van der Waals surface area (Å²) in [6.45, 7) is 18.6. The molecule has 440 valence electrons. The Morgan fingerprint density at radius 2 is 0.639 bits per heavy atom. The predicted molar refractivity (Wildman–Crippen MR) is 360 cm³/mol. The van der Waals surface area contributed by atoms with Crippen molar-refractivity contribution in [2.45, 2.75) is 232 Å². The Morgan fingerprint density at radius 3 is 0.976 bits per heavy atom. The molecule has 0 aliphatic heterocycles. The summed E-state index contributed by atoms with van der Waals surface area (Å²) in [7, 11) is -0.285. The molecule has 0 aromatic heterocycles. The summed E-state index contributed by atoms with van der Waals surface area (Å²) < 4.78 is 15.2. The van der Waals surface area contributed by atoms with Gasteiger partial charge in [0.05, 0.1) is 22.7 Å². The lowest BCUT2D eigenvalue weighted by molar-refractivity contribution is 0.303. The summed E-state index contributed by atoms with van der Waals surface area (Å²) in [6, 6.07) is 53.0. The minimum Gasteiger partial charge on any atom is -0.444 e. The zero-order valence-corrected chi connectivity index (χ0v) is 53.6. The van der Waals surface area contributed by atoms with Crippen LogP contribution in [0.1, 0.15) is 248 Å². The second-order valence-corrected chi connectivity index (χ2v) is 24.9. The standard InChI is InChI=1S/C80H103O2P/c1-9-17-33-61-47-51-71(65(57-61)37-21-13-5)77-75(45-31-55-79(77,69-41-27-25-28-42-69)73-53-49-63(35-19-11-3)59-67(73)39-23-15-7)81-83-82-76-46-32-56-80(70-43-29-26-30-44-70,74-54-50-64(36-20-12-4)60-68(74)40-24-16-8)78(76)72-52-48-62(34-18-10-2)58-66(72)38-22-14-6/h25-32,41-60,77-78,83H,9-24,33-40H2,1-8H3. The zero-order valence-electron chi connectivity index (χ0n) is 52.6. The second kappa shape index (κ2) is 32.6. The Kier molecular flexibility index (Phi) is 24.8. The van der Waals surface area contributed by atoms with E-state index in [2.05, 4.69) is 225 Å². The van der Waals surface area contributed by atoms with Crippen molar-refractivity contribution >= 4 is 9.03 Å². The van der Waals surface area contributed by atoms with E-state index in [0.29, 0.717) is 0 Å². The maximum absolute atomic E-state index is 7.61. The molecule has 2 aliphatic rings. The van der Waals surface area contributed by atoms with Crippen LogP contribution in [0, 0.1) is 0 Å². The number of hydrogen-bond donors (Lipinski definition) is 0. The molecule has 8 rings (SSSR count). The molecule has 0 saturated heterocycles. The molecule has 0 radical (unpaired) electrons. The van der Waals surface area contributed by atoms with Crippen LogP contribution >= 0.6 is 9.03 Å². The highest BCUT2D eigenvalue weighted by molar-refractivity contribution is 7.26. The van der Waals surface area contributed by atoms with Crippen LogP contribution in [-0.2, 0) is 71.2 Å². The second-order valence-electron chi connectivity index (χ2n) is 24.4. The number of aryl methyl sites for hydroxylation is 8. The Bertz CT molecular complexity index is 2860. The number of unbranched alkanes of at least 4 members (excludes halogenated alkanes) is 8. The smallest absolute Gasteiger partial charge is 0.274 e. The molecule has 0 fully saturated rings. The monoisotopic (exact) mass is 1130 g/mol. The van der Waals surface area contributed by atoms with Gasteiger partial charge < -0.3 is 9.05 Å². The Morgan fingerprint density at radius 1 is 0.337 bits per heavy atom. The molecule has 4 unspecified atom stereocenters. The van der Waals surface area contributed by atoms with E-state index >= 15 is 0 Å². The van der Waals surface area contributed by atoms with Gasteiger partial charge in [0, 0.05) is 0 Å². The van der Waals surface area contributed by atoms with Gasteiger partial charge in [-0.25, -0.2) is 0 Å². The van der Waals surface area contributed by atoms with Gasteiger partial charge in [-0.05, 0) is 193 Å². The van der Waals surface area contributed by atoms with E-state index < -0.39 is 10.8 Å². The van der Waals surface area contributed by atoms with Crippen molar-refractivity contribution < 1.29 is 9.05 Å². The van der Waals surface area contributed by atoms with Crippen molar-refractivity contribution in [3.05, 3.63) is 259 Å². The van der Waals surface area contributed by atoms with Crippen molar-refractivity contribution in [3.63, 3.8) is 0 Å². The Balaban J connectivity index is 1.32. The fraction of sp³-hybridized carbons (Fsp3) is 0.450. The van der Waals surface area contributed by atoms with Gasteiger partial charge in [0.25, 0.3) is 9.03 Å². The van der Waals surface area contributed by atoms with E-state index in [1.165, 1.54) is 129 Å². The summed E-state index contributed by atoms with van der Waals surface area (Å²) in [5.41, 5.74) is 18.6. The maximum atomic E-state index is 7.61. The van der Waals surface area contributed by atoms with Gasteiger partial charge in [0.15, 0.2) is 0 Å². The lowest BCUT2D eigenvalue weighted by Gasteiger charge is -2.45. The van der Waals surface area contributed by atoms with E-state index in [4.69, 9.17) is 9.05 Å². The van der Waals surface area contributed by atoms with Crippen molar-refractivity contribution in [1.29, 1.82) is 0 Å². The molecule has 0 amide bonds. The third-order valence-electron chi connectivity index (χ3n) is 18.3. The first-order valence-corrected chi connectivity index (χ1v) is 34.1. The van der Waals surface area contributed by atoms with Gasteiger partial charge in [0.1, 0.15) is 11.5 Å². The molecular formula is C80H103O2P. The van der Waals surface area contributed by atoms with E-state index in [-0.39, 0.29) is 20.9 Å². The zero-order chi connectivity index (χ0) is 58.3. The summed E-state index contributed by atoms with van der Waals surface area (Å²) in [4.78, 5) is 0. The number of hydrogen-bond acceptors (Lipinski definition) is 2. The fourth-order valence-electron chi connectivity index (χ4n) is 13.7. The molecule has 0 bridgehead atoms. The van der Waals surface area contributed by atoms with Crippen LogP contribution in [0.3, 0.4) is 0 Å². The molecule has 0 saturated carbocycles. The van der Waals surface area contributed by atoms with Crippen molar-refractivity contribution in [1.82, 2.24) is 0 Å². The molecule has 2 aliphatic carbocycles. The highest BCUT2D eigenvalue weighted by Gasteiger charge is 2.49. The van der Waals surface area contributed by atoms with Crippen LogP contribution < -0.4 is 0 Å². The lowest BCUT2D eigenvalue weighted by atomic mass is 9.59. The molecule has 0 spiro atoms. The highest BCUT2D eigenvalue weighted by Crippen LogP contribution is 2.58. The summed E-state index contributed by atoms with van der Waals surface area (Å²) in [5.74, 6) is 1.64. The molecule has 0 heterocycles. The summed E-state index contributed by atoms with van der Waals surface area (Å²) in [6.07, 6.45) is 41.5. The summed E-state index contributed by atoms with van der Waals surface area (Å²) in [5, 5.41) is 0. The van der Waals surface area contributed by atoms with Crippen LogP contribution in [0.4, 0.5) is 0 Å². The van der Waals surface area contributed by atoms with Crippen molar-refractivity contribution in [3.8, 4) is 0 Å². The van der Waals surface area contributed by atoms with Crippen LogP contribution in [0.25, 0.3) is 0 Å². The molecule has 0 N–H and O–H groups in total. The quantitative estimate of drug-likeness (QED) is 0.0375. The normalized spacial score (nSPS) is 18.7. The topological polar surface area (TPSA) is 18.5 Å². The average molecular weight is 1130 g/mol. The van der Waals surface area contributed by atoms with Gasteiger partial charge >= 0.3 is 0 Å². The molecule has 4 atom stereocenters. The van der Waals surface area contributed by atoms with Gasteiger partial charge in [-0.1, -0.05) is 265 Å². The van der Waals surface area contributed by atoms with Crippen LogP contribution in [0.2, 0.25) is 0 Å². The first-order valence-electron chi connectivity index (χ1n) is 33.3. The van der Waals surface area contributed by atoms with Crippen molar-refractivity contribution in [2.24, 2.45) is 0 Å². The minimum absolute atomic E-state index is 0.150. The number of rotatable bonds is 34. The molecule has 83 heavy (non-hydrogen) atoms. The molecule has 6 aromatic rings. The first-order chi connectivity index (χ1) is 40.8. The van der Waals surface area contributed by atoms with Crippen LogP contribution in [0.5, 0.6) is 0 Å². The molecule has 6 aromatic carbocycles. The third kappa shape index (κ3) is 15.2. The van der Waals surface area contributed by atoms with Crippen LogP contribution in [0.15, 0.2) is 181 Å². The molecule has 3 heteroatoms. The maximum Gasteiger partial charge on any atom is 0.274 e. The predicted octanol–water partition coefficient (Wildman–Crippen LogP) is 22.7. The largest absolute Gasteiger partial charge is 0.444 e. The molecule has 2 nitrogen and oxygen atoms in total. The number of benzene rings is 6. The van der Waals surface area contributed by atoms with Gasteiger partial charge in [-0.15, -0.1) is 0 Å². The molecular weight excluding hydrogens is 1020 g/mol. The van der Waals surface area contributed by atoms with Gasteiger partial charge in [-0.3, -0.25) is 0 Å². The van der Waals surface area contributed by atoms with Crippen LogP contribution in [-0.4, -0.2) is 0 Å². The highest BCUT2D eigenvalue weighted by atomic mass is 31.1. The third-order valence-corrected chi connectivity index (χ3v) is 18.9. The van der Waals surface area contributed by atoms with Gasteiger partial charge in [0.2, 0.25) is 0 Å².